The normalized spacial score (nSPS) is 11.5. The molecular formula is C21H28N6O3S. The van der Waals surface area contributed by atoms with E-state index in [0.717, 1.165) is 0 Å². The molecule has 0 bridgehead atoms. The second kappa shape index (κ2) is 9.95. The minimum Gasteiger partial charge on any atom is -0.356 e. The van der Waals surface area contributed by atoms with Gasteiger partial charge in [-0.15, -0.1) is 10.2 Å². The van der Waals surface area contributed by atoms with Gasteiger partial charge in [-0.25, -0.2) is 0 Å². The van der Waals surface area contributed by atoms with Crippen molar-refractivity contribution in [1.82, 2.24) is 29.8 Å². The third-order valence-electron chi connectivity index (χ3n) is 4.53. The zero-order chi connectivity index (χ0) is 22.5. The Morgan fingerprint density at radius 1 is 1.10 bits per heavy atom. The van der Waals surface area contributed by atoms with Crippen LogP contribution < -0.4 is 16.2 Å². The van der Waals surface area contributed by atoms with E-state index in [2.05, 4.69) is 20.8 Å². The lowest BCUT2D eigenvalue weighted by atomic mass is 10.2. The maximum atomic E-state index is 13.1. The monoisotopic (exact) mass is 444 g/mol. The summed E-state index contributed by atoms with van der Waals surface area (Å²) in [5, 5.41) is 15.2. The van der Waals surface area contributed by atoms with Crippen LogP contribution in [0.2, 0.25) is 0 Å². The van der Waals surface area contributed by atoms with E-state index >= 15 is 0 Å². The summed E-state index contributed by atoms with van der Waals surface area (Å²) < 4.78 is 3.25. The summed E-state index contributed by atoms with van der Waals surface area (Å²) in [5.41, 5.74) is 0.445. The highest BCUT2D eigenvalue weighted by molar-refractivity contribution is 7.99. The van der Waals surface area contributed by atoms with Crippen molar-refractivity contribution in [3.05, 3.63) is 34.6 Å². The molecule has 166 valence electrons. The first-order chi connectivity index (χ1) is 14.8. The fourth-order valence-corrected chi connectivity index (χ4v) is 3.89. The predicted molar refractivity (Wildman–Crippen MR) is 121 cm³/mol. The van der Waals surface area contributed by atoms with Crippen LogP contribution in [0.5, 0.6) is 0 Å². The molecule has 0 aliphatic rings. The molecule has 2 N–H and O–H groups in total. The Morgan fingerprint density at radius 3 is 2.55 bits per heavy atom. The van der Waals surface area contributed by atoms with Crippen molar-refractivity contribution in [2.45, 2.75) is 51.9 Å². The van der Waals surface area contributed by atoms with Crippen molar-refractivity contribution >= 4 is 40.3 Å². The van der Waals surface area contributed by atoms with Crippen LogP contribution in [-0.2, 0) is 16.1 Å². The van der Waals surface area contributed by atoms with Crippen molar-refractivity contribution in [3.63, 3.8) is 0 Å². The lowest BCUT2D eigenvalue weighted by Crippen LogP contribution is -2.31. The van der Waals surface area contributed by atoms with E-state index in [1.807, 2.05) is 39.8 Å². The summed E-state index contributed by atoms with van der Waals surface area (Å²) in [6.07, 6.45) is 0.159. The molecule has 31 heavy (non-hydrogen) atoms. The third-order valence-corrected chi connectivity index (χ3v) is 5.46. The van der Waals surface area contributed by atoms with Gasteiger partial charge in [-0.1, -0.05) is 37.7 Å². The van der Waals surface area contributed by atoms with Crippen LogP contribution in [-0.4, -0.2) is 49.3 Å². The molecule has 3 rings (SSSR count). The third kappa shape index (κ3) is 5.43. The number of hydrogen-bond acceptors (Lipinski definition) is 6. The quantitative estimate of drug-likeness (QED) is 0.487. The molecule has 0 fully saturated rings. The Kier molecular flexibility index (Phi) is 7.32. The second-order valence-corrected chi connectivity index (χ2v) is 8.99. The number of para-hydroxylation sites is 1. The van der Waals surface area contributed by atoms with Gasteiger partial charge in [0, 0.05) is 25.6 Å². The molecule has 3 aromatic rings. The van der Waals surface area contributed by atoms with E-state index in [9.17, 15) is 14.4 Å². The standard InChI is InChI=1S/C21H28N6O3S/c1-13(2)11-22-17(28)9-10-26-19(30)15-7-5-6-8-16(15)27-20(26)24-25-21(27)31-12-18(29)23-14(3)4/h5-8,13-14H,9-12H2,1-4H3,(H,22,28)(H,23,29). The molecule has 0 saturated carbocycles. The molecule has 0 unspecified atom stereocenters. The Bertz CT molecular complexity index is 1150. The SMILES string of the molecule is CC(C)CNC(=O)CCn1c(=O)c2ccccc2n2c(SCC(=O)NC(C)C)nnc12. The van der Waals surface area contributed by atoms with E-state index < -0.39 is 0 Å². The minimum absolute atomic E-state index is 0.0519. The lowest BCUT2D eigenvalue weighted by molar-refractivity contribution is -0.121. The smallest absolute Gasteiger partial charge is 0.262 e. The van der Waals surface area contributed by atoms with Crippen LogP contribution in [0.15, 0.2) is 34.2 Å². The Balaban J connectivity index is 1.94. The largest absolute Gasteiger partial charge is 0.356 e. The van der Waals surface area contributed by atoms with Gasteiger partial charge in [0.25, 0.3) is 5.56 Å². The van der Waals surface area contributed by atoms with Crippen molar-refractivity contribution in [3.8, 4) is 0 Å². The first-order valence-electron chi connectivity index (χ1n) is 10.3. The van der Waals surface area contributed by atoms with E-state index in [1.165, 1.54) is 16.3 Å². The minimum atomic E-state index is -0.221. The second-order valence-electron chi connectivity index (χ2n) is 8.05. The van der Waals surface area contributed by atoms with Crippen molar-refractivity contribution < 1.29 is 9.59 Å². The first kappa shape index (κ1) is 22.8. The summed E-state index contributed by atoms with van der Waals surface area (Å²) in [6, 6.07) is 7.25. The van der Waals surface area contributed by atoms with Gasteiger partial charge in [0.2, 0.25) is 17.6 Å². The van der Waals surface area contributed by atoms with Gasteiger partial charge >= 0.3 is 0 Å². The summed E-state index contributed by atoms with van der Waals surface area (Å²) in [4.78, 5) is 37.3. The highest BCUT2D eigenvalue weighted by Gasteiger charge is 2.18. The predicted octanol–water partition coefficient (Wildman–Crippen LogP) is 1.82. The molecule has 1 aromatic carbocycles. The number of hydrogen-bond donors (Lipinski definition) is 2. The number of thioether (sulfide) groups is 1. The molecule has 0 atom stereocenters. The number of aromatic nitrogens is 4. The molecule has 0 aliphatic heterocycles. The average Bonchev–Trinajstić information content (AvgIpc) is 3.14. The van der Waals surface area contributed by atoms with Gasteiger partial charge in [0.15, 0.2) is 5.16 Å². The molecule has 2 aromatic heterocycles. The number of carbonyl (C=O) groups is 2. The molecular weight excluding hydrogens is 416 g/mol. The van der Waals surface area contributed by atoms with Crippen LogP contribution in [0, 0.1) is 5.92 Å². The van der Waals surface area contributed by atoms with E-state index in [4.69, 9.17) is 0 Å². The molecule has 0 spiro atoms. The fourth-order valence-electron chi connectivity index (χ4n) is 3.14. The molecule has 0 aliphatic carbocycles. The Labute approximate surface area is 184 Å². The molecule has 2 amide bonds. The summed E-state index contributed by atoms with van der Waals surface area (Å²) >= 11 is 1.25. The Morgan fingerprint density at radius 2 is 1.84 bits per heavy atom. The zero-order valence-electron chi connectivity index (χ0n) is 18.2. The van der Waals surface area contributed by atoms with Crippen molar-refractivity contribution in [1.29, 1.82) is 0 Å². The fraction of sp³-hybridized carbons (Fsp3) is 0.476. The van der Waals surface area contributed by atoms with Crippen molar-refractivity contribution in [2.75, 3.05) is 12.3 Å². The number of rotatable bonds is 9. The Hall–Kier alpha value is -2.88. The van der Waals surface area contributed by atoms with Crippen LogP contribution in [0.25, 0.3) is 16.7 Å². The molecule has 9 nitrogen and oxygen atoms in total. The first-order valence-corrected chi connectivity index (χ1v) is 11.3. The summed E-state index contributed by atoms with van der Waals surface area (Å²) in [5.74, 6) is 0.669. The van der Waals surface area contributed by atoms with Gasteiger partial charge in [-0.05, 0) is 31.9 Å². The number of nitrogens with zero attached hydrogens (tertiary/aromatic N) is 4. The van der Waals surface area contributed by atoms with Gasteiger partial charge in [0.1, 0.15) is 0 Å². The summed E-state index contributed by atoms with van der Waals surface area (Å²) in [6.45, 7) is 8.62. The topological polar surface area (TPSA) is 110 Å². The highest BCUT2D eigenvalue weighted by atomic mass is 32.2. The van der Waals surface area contributed by atoms with E-state index in [-0.39, 0.29) is 42.1 Å². The van der Waals surface area contributed by atoms with Crippen LogP contribution in [0.3, 0.4) is 0 Å². The highest BCUT2D eigenvalue weighted by Crippen LogP contribution is 2.21. The zero-order valence-corrected chi connectivity index (χ0v) is 19.0. The molecule has 0 saturated heterocycles. The van der Waals surface area contributed by atoms with Gasteiger partial charge < -0.3 is 10.6 Å². The average molecular weight is 445 g/mol. The number of amides is 2. The van der Waals surface area contributed by atoms with Gasteiger partial charge in [0.05, 0.1) is 16.7 Å². The number of nitrogens with one attached hydrogen (secondary N) is 2. The summed E-state index contributed by atoms with van der Waals surface area (Å²) in [7, 11) is 0. The van der Waals surface area contributed by atoms with Crippen molar-refractivity contribution in [2.24, 2.45) is 5.92 Å². The van der Waals surface area contributed by atoms with Gasteiger partial charge in [-0.2, -0.15) is 0 Å². The van der Waals surface area contributed by atoms with E-state index in [0.29, 0.717) is 34.3 Å². The lowest BCUT2D eigenvalue weighted by Gasteiger charge is -2.12. The number of benzene rings is 1. The molecule has 2 heterocycles. The number of fused-ring (bicyclic) bond motifs is 3. The molecule has 10 heteroatoms. The number of carbonyl (C=O) groups excluding carboxylic acids is 2. The van der Waals surface area contributed by atoms with Crippen LogP contribution >= 0.6 is 11.8 Å². The molecule has 0 radical (unpaired) electrons. The number of aryl methyl sites for hydroxylation is 1. The maximum absolute atomic E-state index is 13.1. The van der Waals surface area contributed by atoms with Gasteiger partial charge in [-0.3, -0.25) is 23.4 Å². The van der Waals surface area contributed by atoms with Crippen LogP contribution in [0.4, 0.5) is 0 Å². The van der Waals surface area contributed by atoms with Crippen LogP contribution in [0.1, 0.15) is 34.1 Å². The van der Waals surface area contributed by atoms with E-state index in [1.54, 1.807) is 16.5 Å². The maximum Gasteiger partial charge on any atom is 0.262 e.